The van der Waals surface area contributed by atoms with E-state index >= 15 is 0 Å². The number of nitrogens with two attached hydrogens (primary N) is 1. The molecule has 0 radical (unpaired) electrons. The lowest BCUT2D eigenvalue weighted by atomic mass is 9.68. The molecule has 1 amide bonds. The summed E-state index contributed by atoms with van der Waals surface area (Å²) in [4.78, 5) is 17.6. The van der Waals surface area contributed by atoms with Crippen molar-refractivity contribution < 1.29 is 19.4 Å². The van der Waals surface area contributed by atoms with E-state index in [1.54, 1.807) is 12.1 Å². The first-order chi connectivity index (χ1) is 13.5. The van der Waals surface area contributed by atoms with Gasteiger partial charge in [0.15, 0.2) is 0 Å². The van der Waals surface area contributed by atoms with Gasteiger partial charge in [0.1, 0.15) is 11.9 Å². The highest BCUT2D eigenvalue weighted by Gasteiger charge is 2.57. The first-order valence-electron chi connectivity index (χ1n) is 9.70. The van der Waals surface area contributed by atoms with Crippen molar-refractivity contribution in [2.75, 3.05) is 5.73 Å². The number of aliphatic hydroxyl groups excluding tert-OH is 1. The van der Waals surface area contributed by atoms with Crippen LogP contribution in [0.25, 0.3) is 0 Å². The van der Waals surface area contributed by atoms with Gasteiger partial charge in [-0.25, -0.2) is 9.18 Å². The normalized spacial score (nSPS) is 23.2. The molecule has 0 aliphatic carbocycles. The minimum absolute atomic E-state index is 0.276. The fourth-order valence-electron chi connectivity index (χ4n) is 4.54. The number of amides is 1. The Hall–Kier alpha value is -2.67. The molecule has 1 saturated heterocycles. The summed E-state index contributed by atoms with van der Waals surface area (Å²) in [6.07, 6.45) is 1.72. The van der Waals surface area contributed by atoms with Gasteiger partial charge < -0.3 is 15.9 Å². The summed E-state index contributed by atoms with van der Waals surface area (Å²) in [6, 6.07) is 7.93. The molecule has 1 aliphatic heterocycles. The lowest BCUT2D eigenvalue weighted by molar-refractivity contribution is -0.0179. The molecular formula is C22H28FN3O3. The third-order valence-corrected chi connectivity index (χ3v) is 6.16. The van der Waals surface area contributed by atoms with Crippen molar-refractivity contribution in [3.63, 3.8) is 0 Å². The minimum Gasteiger partial charge on any atom is -0.465 e. The molecule has 1 aliphatic rings. The predicted octanol–water partition coefficient (Wildman–Crippen LogP) is 4.01. The van der Waals surface area contributed by atoms with Gasteiger partial charge in [-0.2, -0.15) is 0 Å². The van der Waals surface area contributed by atoms with E-state index in [1.165, 1.54) is 17.2 Å². The van der Waals surface area contributed by atoms with Crippen LogP contribution in [0.5, 0.6) is 0 Å². The maximum absolute atomic E-state index is 13.6. The third kappa shape index (κ3) is 3.92. The minimum atomic E-state index is -1.16. The maximum atomic E-state index is 13.6. The lowest BCUT2D eigenvalue weighted by Gasteiger charge is -2.49. The van der Waals surface area contributed by atoms with E-state index in [0.29, 0.717) is 24.9 Å². The number of carbonyl (C=O) groups is 1. The Morgan fingerprint density at radius 1 is 1.34 bits per heavy atom. The molecule has 2 heterocycles. The van der Waals surface area contributed by atoms with Gasteiger partial charge in [-0.1, -0.05) is 32.9 Å². The molecule has 1 fully saturated rings. The third-order valence-electron chi connectivity index (χ3n) is 6.16. The second-order valence-electron chi connectivity index (χ2n) is 8.84. The van der Waals surface area contributed by atoms with Crippen LogP contribution < -0.4 is 5.73 Å². The largest absolute Gasteiger partial charge is 0.465 e. The highest BCUT2D eigenvalue weighted by atomic mass is 19.1. The smallest absolute Gasteiger partial charge is 0.408 e. The molecule has 0 spiro atoms. The van der Waals surface area contributed by atoms with Crippen molar-refractivity contribution in [3.8, 4) is 0 Å². The fourth-order valence-corrected chi connectivity index (χ4v) is 4.54. The summed E-state index contributed by atoms with van der Waals surface area (Å²) in [5, 5.41) is 21.1. The van der Waals surface area contributed by atoms with Crippen LogP contribution in [-0.4, -0.2) is 37.8 Å². The molecule has 2 aromatic rings. The van der Waals surface area contributed by atoms with E-state index in [2.05, 4.69) is 4.98 Å². The fraction of sp³-hybridized carbons (Fsp3) is 0.455. The monoisotopic (exact) mass is 401 g/mol. The van der Waals surface area contributed by atoms with Crippen molar-refractivity contribution in [2.24, 2.45) is 5.41 Å². The molecule has 3 atom stereocenters. The van der Waals surface area contributed by atoms with Crippen LogP contribution in [0.1, 0.15) is 50.8 Å². The molecular weight excluding hydrogens is 373 g/mol. The summed E-state index contributed by atoms with van der Waals surface area (Å²) in [7, 11) is 0. The number of likely N-dealkylation sites (tertiary alicyclic amines) is 1. The van der Waals surface area contributed by atoms with Crippen molar-refractivity contribution in [1.82, 2.24) is 9.88 Å². The predicted molar refractivity (Wildman–Crippen MR) is 109 cm³/mol. The molecule has 3 rings (SSSR count). The topological polar surface area (TPSA) is 99.7 Å². The van der Waals surface area contributed by atoms with E-state index in [0.717, 1.165) is 11.8 Å². The van der Waals surface area contributed by atoms with E-state index in [-0.39, 0.29) is 5.56 Å². The Bertz CT molecular complexity index is 882. The van der Waals surface area contributed by atoms with Gasteiger partial charge in [-0.3, -0.25) is 9.88 Å². The zero-order valence-corrected chi connectivity index (χ0v) is 17.0. The van der Waals surface area contributed by atoms with Gasteiger partial charge in [0.05, 0.1) is 17.8 Å². The number of halogens is 1. The maximum Gasteiger partial charge on any atom is 0.408 e. The number of aromatic nitrogens is 1. The molecule has 0 saturated carbocycles. The first-order valence-corrected chi connectivity index (χ1v) is 9.70. The van der Waals surface area contributed by atoms with Gasteiger partial charge in [-0.05, 0) is 48.4 Å². The van der Waals surface area contributed by atoms with Gasteiger partial charge in [0.25, 0.3) is 0 Å². The van der Waals surface area contributed by atoms with Crippen LogP contribution in [0, 0.1) is 11.2 Å². The molecule has 156 valence electrons. The van der Waals surface area contributed by atoms with Crippen LogP contribution in [0.2, 0.25) is 0 Å². The average Bonchev–Trinajstić information content (AvgIpc) is 3.03. The number of pyridine rings is 1. The number of aliphatic hydroxyl groups is 1. The quantitative estimate of drug-likeness (QED) is 0.672. The number of rotatable bonds is 4. The molecule has 29 heavy (non-hydrogen) atoms. The molecule has 0 unspecified atom stereocenters. The Morgan fingerprint density at radius 2 is 2.00 bits per heavy atom. The van der Waals surface area contributed by atoms with E-state index in [1.807, 2.05) is 32.9 Å². The molecule has 7 heteroatoms. The summed E-state index contributed by atoms with van der Waals surface area (Å²) in [5.74, 6) is -0.564. The molecule has 6 nitrogen and oxygen atoms in total. The van der Waals surface area contributed by atoms with Gasteiger partial charge >= 0.3 is 6.09 Å². The number of hydrogen-bond donors (Lipinski definition) is 3. The Balaban J connectivity index is 2.02. The number of carboxylic acid groups (broad SMARTS) is 1. The summed E-state index contributed by atoms with van der Waals surface area (Å²) >= 11 is 0. The van der Waals surface area contributed by atoms with Gasteiger partial charge in [0, 0.05) is 17.4 Å². The second-order valence-corrected chi connectivity index (χ2v) is 8.84. The van der Waals surface area contributed by atoms with Crippen LogP contribution in [-0.2, 0) is 6.42 Å². The van der Waals surface area contributed by atoms with E-state index < -0.39 is 35.0 Å². The van der Waals surface area contributed by atoms with Gasteiger partial charge in [0.2, 0.25) is 0 Å². The van der Waals surface area contributed by atoms with Crippen LogP contribution in [0.15, 0.2) is 42.7 Å². The van der Waals surface area contributed by atoms with E-state index in [9.17, 15) is 19.4 Å². The van der Waals surface area contributed by atoms with Crippen molar-refractivity contribution >= 4 is 11.8 Å². The number of nitrogen functional groups attached to an aromatic ring is 1. The lowest BCUT2D eigenvalue weighted by Crippen LogP contribution is -2.59. The molecule has 1 aromatic heterocycles. The number of nitrogens with zero attached hydrogens (tertiary/aromatic N) is 2. The summed E-state index contributed by atoms with van der Waals surface area (Å²) in [6.45, 7) is 6.04. The highest BCUT2D eigenvalue weighted by Crippen LogP contribution is 2.50. The van der Waals surface area contributed by atoms with E-state index in [4.69, 9.17) is 5.73 Å². The highest BCUT2D eigenvalue weighted by molar-refractivity contribution is 5.68. The van der Waals surface area contributed by atoms with Gasteiger partial charge in [-0.15, -0.1) is 0 Å². The van der Waals surface area contributed by atoms with Crippen molar-refractivity contribution in [1.29, 1.82) is 0 Å². The van der Waals surface area contributed by atoms with Crippen molar-refractivity contribution in [3.05, 3.63) is 59.7 Å². The van der Waals surface area contributed by atoms with Crippen LogP contribution >= 0.6 is 0 Å². The summed E-state index contributed by atoms with van der Waals surface area (Å²) < 4.78 is 13.6. The Morgan fingerprint density at radius 3 is 2.55 bits per heavy atom. The molecule has 0 bridgehead atoms. The standard InChI is InChI=1S/C22H28FN3O3/c1-21(2,3)22(11-14-4-6-17(24)7-5-14)9-8-18(26(22)20(28)29)19(27)15-10-16(23)13-25-12-15/h4-7,10,12-13,18-19,27H,8-9,11,24H2,1-3H3,(H,28,29)/t18-,19-,22+/m1/s1. The number of hydrogen-bond acceptors (Lipinski definition) is 4. The van der Waals surface area contributed by atoms with Crippen LogP contribution in [0.3, 0.4) is 0 Å². The first kappa shape index (κ1) is 21.0. The Labute approximate surface area is 170 Å². The SMILES string of the molecule is CC(C)(C)[C@@]1(Cc2ccc(N)cc2)CC[C@H]([C@H](O)c2cncc(F)c2)N1C(=O)O. The second kappa shape index (κ2) is 7.63. The number of anilines is 1. The average molecular weight is 401 g/mol. The molecule has 1 aromatic carbocycles. The van der Waals surface area contributed by atoms with Crippen LogP contribution in [0.4, 0.5) is 14.9 Å². The summed E-state index contributed by atoms with van der Waals surface area (Å²) in [5.41, 5.74) is 6.55. The zero-order chi connectivity index (χ0) is 21.4. The number of benzene rings is 1. The Kier molecular flexibility index (Phi) is 5.54. The molecule has 4 N–H and O–H groups in total. The zero-order valence-electron chi connectivity index (χ0n) is 17.0. The van der Waals surface area contributed by atoms with Crippen molar-refractivity contribution in [2.45, 2.75) is 57.7 Å².